The molecule has 138 valence electrons. The maximum atomic E-state index is 12.4. The van der Waals surface area contributed by atoms with Crippen LogP contribution in [0, 0.1) is 0 Å². The van der Waals surface area contributed by atoms with Gasteiger partial charge in [-0.3, -0.25) is 4.79 Å². The van der Waals surface area contributed by atoms with Crippen molar-refractivity contribution in [3.05, 3.63) is 64.9 Å². The molecule has 7 nitrogen and oxygen atoms in total. The number of amides is 1. The fourth-order valence-corrected chi connectivity index (χ4v) is 3.02. The zero-order valence-corrected chi connectivity index (χ0v) is 15.1. The zero-order chi connectivity index (χ0) is 18.6. The first kappa shape index (κ1) is 17.4. The molecule has 1 amide bonds. The summed E-state index contributed by atoms with van der Waals surface area (Å²) in [5, 5.41) is 11.2. The van der Waals surface area contributed by atoms with E-state index < -0.39 is 0 Å². The first-order valence-corrected chi connectivity index (χ1v) is 8.92. The molecule has 0 atom stereocenters. The third kappa shape index (κ3) is 3.88. The second-order valence-electron chi connectivity index (χ2n) is 6.02. The Morgan fingerprint density at radius 1 is 1.19 bits per heavy atom. The van der Waals surface area contributed by atoms with Gasteiger partial charge in [0, 0.05) is 13.0 Å². The molecule has 0 aliphatic carbocycles. The number of ether oxygens (including phenoxy) is 2. The number of halogens is 1. The number of aromatic nitrogens is 3. The Kier molecular flexibility index (Phi) is 4.93. The van der Waals surface area contributed by atoms with Gasteiger partial charge >= 0.3 is 0 Å². The number of nitrogens with one attached hydrogen (secondary N) is 1. The van der Waals surface area contributed by atoms with Crippen molar-refractivity contribution in [2.24, 2.45) is 0 Å². The molecule has 0 bridgehead atoms. The summed E-state index contributed by atoms with van der Waals surface area (Å²) in [5.74, 6) is 0.828. The van der Waals surface area contributed by atoms with E-state index in [1.807, 2.05) is 36.4 Å². The number of hydrogen-bond acceptors (Lipinski definition) is 5. The summed E-state index contributed by atoms with van der Waals surface area (Å²) in [6.07, 6.45) is 2.39. The lowest BCUT2D eigenvalue weighted by Gasteiger charge is -2.11. The van der Waals surface area contributed by atoms with Gasteiger partial charge in [0.25, 0.3) is 5.91 Å². The highest BCUT2D eigenvalue weighted by Crippen LogP contribution is 2.37. The van der Waals surface area contributed by atoms with Crippen LogP contribution in [0.25, 0.3) is 5.69 Å². The predicted molar refractivity (Wildman–Crippen MR) is 99.6 cm³/mol. The Hall–Kier alpha value is -3.06. The lowest BCUT2D eigenvalue weighted by atomic mass is 10.2. The minimum absolute atomic E-state index is 0.235. The van der Waals surface area contributed by atoms with E-state index in [4.69, 9.17) is 21.1 Å². The number of carbonyl (C=O) groups excluding carboxylic acids is 1. The van der Waals surface area contributed by atoms with Crippen LogP contribution in [0.3, 0.4) is 0 Å². The maximum Gasteiger partial charge on any atom is 0.273 e. The predicted octanol–water partition coefficient (Wildman–Crippen LogP) is 3.01. The number of hydrogen-bond donors (Lipinski definition) is 1. The van der Waals surface area contributed by atoms with Gasteiger partial charge in [-0.05, 0) is 29.8 Å². The highest BCUT2D eigenvalue weighted by atomic mass is 35.5. The summed E-state index contributed by atoms with van der Waals surface area (Å²) in [5.41, 5.74) is 1.88. The third-order valence-corrected chi connectivity index (χ3v) is 4.34. The Bertz CT molecular complexity index is 959. The van der Waals surface area contributed by atoms with Crippen LogP contribution in [-0.2, 0) is 6.54 Å². The van der Waals surface area contributed by atoms with E-state index in [0.717, 1.165) is 17.7 Å². The molecule has 1 aliphatic heterocycles. The molecule has 0 radical (unpaired) electrons. The van der Waals surface area contributed by atoms with Gasteiger partial charge in [0.15, 0.2) is 17.2 Å². The molecule has 0 unspecified atom stereocenters. The van der Waals surface area contributed by atoms with Crippen LogP contribution < -0.4 is 14.8 Å². The van der Waals surface area contributed by atoms with E-state index in [2.05, 4.69) is 15.6 Å². The van der Waals surface area contributed by atoms with E-state index in [1.165, 1.54) is 0 Å². The van der Waals surface area contributed by atoms with Gasteiger partial charge in [-0.2, -0.15) is 0 Å². The summed E-state index contributed by atoms with van der Waals surface area (Å²) < 4.78 is 12.8. The molecule has 0 saturated carbocycles. The highest BCUT2D eigenvalue weighted by Gasteiger charge is 2.17. The van der Waals surface area contributed by atoms with E-state index in [0.29, 0.717) is 29.7 Å². The van der Waals surface area contributed by atoms with Crippen LogP contribution in [0.1, 0.15) is 22.5 Å². The molecule has 1 N–H and O–H groups in total. The van der Waals surface area contributed by atoms with Gasteiger partial charge in [-0.15, -0.1) is 5.10 Å². The van der Waals surface area contributed by atoms with Crippen molar-refractivity contribution < 1.29 is 14.3 Å². The molecule has 0 spiro atoms. The zero-order valence-electron chi connectivity index (χ0n) is 14.4. The first-order chi connectivity index (χ1) is 13.2. The summed E-state index contributed by atoms with van der Waals surface area (Å²) in [6.45, 7) is 1.43. The Morgan fingerprint density at radius 3 is 2.85 bits per heavy atom. The molecule has 3 aromatic rings. The van der Waals surface area contributed by atoms with Gasteiger partial charge in [-0.1, -0.05) is 35.0 Å². The largest absolute Gasteiger partial charge is 0.489 e. The lowest BCUT2D eigenvalue weighted by Crippen LogP contribution is -2.23. The first-order valence-electron chi connectivity index (χ1n) is 8.55. The van der Waals surface area contributed by atoms with Gasteiger partial charge in [-0.25, -0.2) is 4.68 Å². The second kappa shape index (κ2) is 7.67. The minimum atomic E-state index is -0.319. The van der Waals surface area contributed by atoms with Crippen molar-refractivity contribution in [2.75, 3.05) is 13.2 Å². The van der Waals surface area contributed by atoms with Crippen LogP contribution in [0.2, 0.25) is 5.02 Å². The fourth-order valence-electron chi connectivity index (χ4n) is 2.73. The van der Waals surface area contributed by atoms with E-state index in [1.54, 1.807) is 16.9 Å². The smallest absolute Gasteiger partial charge is 0.273 e. The van der Waals surface area contributed by atoms with E-state index in [-0.39, 0.29) is 18.1 Å². The average Bonchev–Trinajstić information content (AvgIpc) is 3.06. The molecule has 0 saturated heterocycles. The minimum Gasteiger partial charge on any atom is -0.489 e. The molecular formula is C19H17ClN4O3. The second-order valence-corrected chi connectivity index (χ2v) is 6.43. The normalized spacial score (nSPS) is 13.1. The fraction of sp³-hybridized carbons (Fsp3) is 0.211. The highest BCUT2D eigenvalue weighted by molar-refractivity contribution is 6.32. The SMILES string of the molecule is O=C(NCc1cc(Cl)c2c(c1)OCCCO2)c1cn(-c2ccccc2)nn1. The van der Waals surface area contributed by atoms with Crippen molar-refractivity contribution in [2.45, 2.75) is 13.0 Å². The number of benzene rings is 2. The van der Waals surface area contributed by atoms with Crippen molar-refractivity contribution in [3.63, 3.8) is 0 Å². The molecular weight excluding hydrogens is 368 g/mol. The summed E-state index contributed by atoms with van der Waals surface area (Å²) in [4.78, 5) is 12.4. The number of rotatable bonds is 4. The molecule has 0 fully saturated rings. The number of carbonyl (C=O) groups is 1. The van der Waals surface area contributed by atoms with E-state index >= 15 is 0 Å². The topological polar surface area (TPSA) is 78.3 Å². The molecule has 4 rings (SSSR count). The van der Waals surface area contributed by atoms with Crippen LogP contribution in [0.4, 0.5) is 0 Å². The van der Waals surface area contributed by atoms with Gasteiger partial charge in [0.05, 0.1) is 30.1 Å². The molecule has 2 heterocycles. The molecule has 1 aromatic heterocycles. The average molecular weight is 385 g/mol. The number of nitrogens with zero attached hydrogens (tertiary/aromatic N) is 3. The van der Waals surface area contributed by atoms with Crippen LogP contribution in [0.5, 0.6) is 11.5 Å². The van der Waals surface area contributed by atoms with Crippen molar-refractivity contribution in [3.8, 4) is 17.2 Å². The maximum absolute atomic E-state index is 12.4. The monoisotopic (exact) mass is 384 g/mol. The van der Waals surface area contributed by atoms with Crippen molar-refractivity contribution >= 4 is 17.5 Å². The van der Waals surface area contributed by atoms with E-state index in [9.17, 15) is 4.79 Å². The van der Waals surface area contributed by atoms with Crippen LogP contribution in [0.15, 0.2) is 48.7 Å². The quantitative estimate of drug-likeness (QED) is 0.748. The van der Waals surface area contributed by atoms with Gasteiger partial charge in [0.2, 0.25) is 0 Å². The summed E-state index contributed by atoms with van der Waals surface area (Å²) >= 11 is 6.28. The number of fused-ring (bicyclic) bond motifs is 1. The summed E-state index contributed by atoms with van der Waals surface area (Å²) in [7, 11) is 0. The Labute approximate surface area is 160 Å². The molecule has 8 heteroatoms. The molecule has 2 aromatic carbocycles. The third-order valence-electron chi connectivity index (χ3n) is 4.06. The summed E-state index contributed by atoms with van der Waals surface area (Å²) in [6, 6.07) is 13.1. The van der Waals surface area contributed by atoms with Gasteiger partial charge < -0.3 is 14.8 Å². The van der Waals surface area contributed by atoms with Gasteiger partial charge in [0.1, 0.15) is 0 Å². The Balaban J connectivity index is 1.45. The number of para-hydroxylation sites is 1. The standard InChI is InChI=1S/C19H17ClN4O3/c20-15-9-13(10-17-18(15)27-8-4-7-26-17)11-21-19(25)16-12-24(23-22-16)14-5-2-1-3-6-14/h1-3,5-6,9-10,12H,4,7-8,11H2,(H,21,25). The Morgan fingerprint density at radius 2 is 2.00 bits per heavy atom. The van der Waals surface area contributed by atoms with Crippen molar-refractivity contribution in [1.29, 1.82) is 0 Å². The lowest BCUT2D eigenvalue weighted by molar-refractivity contribution is 0.0946. The molecule has 1 aliphatic rings. The molecule has 27 heavy (non-hydrogen) atoms. The van der Waals surface area contributed by atoms with Crippen molar-refractivity contribution in [1.82, 2.24) is 20.3 Å². The van der Waals surface area contributed by atoms with Crippen LogP contribution in [-0.4, -0.2) is 34.1 Å². The van der Waals surface area contributed by atoms with Crippen LogP contribution >= 0.6 is 11.6 Å².